The monoisotopic (exact) mass is 288 g/mol. The number of halogens is 1. The minimum Gasteiger partial charge on any atom is -0.507 e. The molecule has 7 heteroatoms. The van der Waals surface area contributed by atoms with Gasteiger partial charge in [-0.05, 0) is 30.3 Å². The minimum atomic E-state index is -0.816. The predicted molar refractivity (Wildman–Crippen MR) is 70.1 cm³/mol. The molecule has 0 spiro atoms. The molecule has 0 unspecified atom stereocenters. The lowest BCUT2D eigenvalue weighted by Crippen LogP contribution is -1.84. The molecule has 106 valence electrons. The fraction of sp³-hybridized carbons (Fsp3) is 0. The first-order valence-electron chi connectivity index (χ1n) is 5.90. The average Bonchev–Trinajstić information content (AvgIpc) is 2.91. The van der Waals surface area contributed by atoms with Crippen molar-refractivity contribution in [1.29, 1.82) is 0 Å². The first kappa shape index (κ1) is 12.9. The van der Waals surface area contributed by atoms with E-state index in [1.54, 1.807) is 0 Å². The molecule has 0 radical (unpaired) electrons. The van der Waals surface area contributed by atoms with E-state index in [-0.39, 0.29) is 34.3 Å². The van der Waals surface area contributed by atoms with Gasteiger partial charge in [0.2, 0.25) is 5.82 Å². The molecule has 0 aliphatic rings. The van der Waals surface area contributed by atoms with E-state index in [2.05, 4.69) is 10.1 Å². The maximum atomic E-state index is 13.3. The molecular formula is C14H9FN2O4. The quantitative estimate of drug-likeness (QED) is 0.670. The fourth-order valence-corrected chi connectivity index (χ4v) is 1.84. The van der Waals surface area contributed by atoms with Crippen molar-refractivity contribution >= 4 is 0 Å². The predicted octanol–water partition coefficient (Wildman–Crippen LogP) is 2.66. The molecular weight excluding hydrogens is 279 g/mol. The zero-order chi connectivity index (χ0) is 15.0. The van der Waals surface area contributed by atoms with Crippen LogP contribution in [0.4, 0.5) is 4.39 Å². The van der Waals surface area contributed by atoms with Gasteiger partial charge in [0.15, 0.2) is 11.6 Å². The van der Waals surface area contributed by atoms with Gasteiger partial charge in [0, 0.05) is 5.56 Å². The SMILES string of the molecule is Oc1ccc(-c2noc(-c3c(O)cccc3O)n2)cc1F. The zero-order valence-corrected chi connectivity index (χ0v) is 10.5. The van der Waals surface area contributed by atoms with E-state index < -0.39 is 11.6 Å². The lowest BCUT2D eigenvalue weighted by molar-refractivity contribution is 0.415. The van der Waals surface area contributed by atoms with Gasteiger partial charge in [0.05, 0.1) is 0 Å². The Morgan fingerprint density at radius 1 is 0.952 bits per heavy atom. The van der Waals surface area contributed by atoms with Gasteiger partial charge < -0.3 is 19.8 Å². The van der Waals surface area contributed by atoms with Crippen molar-refractivity contribution < 1.29 is 24.2 Å². The highest BCUT2D eigenvalue weighted by atomic mass is 19.1. The van der Waals surface area contributed by atoms with Gasteiger partial charge in [0.1, 0.15) is 17.1 Å². The number of aromatic hydroxyl groups is 3. The molecule has 0 atom stereocenters. The number of hydrogen-bond acceptors (Lipinski definition) is 6. The number of phenols is 3. The van der Waals surface area contributed by atoms with Crippen LogP contribution in [0.3, 0.4) is 0 Å². The molecule has 3 rings (SSSR count). The van der Waals surface area contributed by atoms with E-state index in [1.165, 1.54) is 24.3 Å². The van der Waals surface area contributed by atoms with E-state index in [9.17, 15) is 14.6 Å². The number of phenolic OH excluding ortho intramolecular Hbond substituents is 3. The molecule has 2 aromatic carbocycles. The summed E-state index contributed by atoms with van der Waals surface area (Å²) in [4.78, 5) is 4.00. The third-order valence-electron chi connectivity index (χ3n) is 2.87. The molecule has 3 N–H and O–H groups in total. The molecule has 0 fully saturated rings. The van der Waals surface area contributed by atoms with Crippen LogP contribution in [0, 0.1) is 5.82 Å². The second-order valence-corrected chi connectivity index (χ2v) is 4.26. The Kier molecular flexibility index (Phi) is 2.94. The number of benzene rings is 2. The maximum absolute atomic E-state index is 13.3. The topological polar surface area (TPSA) is 99.6 Å². The van der Waals surface area contributed by atoms with E-state index in [4.69, 9.17) is 9.63 Å². The van der Waals surface area contributed by atoms with Gasteiger partial charge in [0.25, 0.3) is 5.89 Å². The van der Waals surface area contributed by atoms with E-state index in [0.717, 1.165) is 12.1 Å². The Morgan fingerprint density at radius 2 is 1.67 bits per heavy atom. The highest BCUT2D eigenvalue weighted by Crippen LogP contribution is 2.36. The van der Waals surface area contributed by atoms with E-state index in [0.29, 0.717) is 0 Å². The summed E-state index contributed by atoms with van der Waals surface area (Å²) in [5.74, 6) is -1.78. The first-order valence-corrected chi connectivity index (χ1v) is 5.90. The molecule has 0 amide bonds. The van der Waals surface area contributed by atoms with E-state index in [1.807, 2.05) is 0 Å². The molecule has 0 saturated heterocycles. The highest BCUT2D eigenvalue weighted by Gasteiger charge is 2.18. The summed E-state index contributed by atoms with van der Waals surface area (Å²) in [6.45, 7) is 0. The van der Waals surface area contributed by atoms with Crippen LogP contribution < -0.4 is 0 Å². The second kappa shape index (κ2) is 4.78. The Labute approximate surface area is 117 Å². The smallest absolute Gasteiger partial charge is 0.265 e. The summed E-state index contributed by atoms with van der Waals surface area (Å²) in [7, 11) is 0. The molecule has 1 heterocycles. The summed E-state index contributed by atoms with van der Waals surface area (Å²) >= 11 is 0. The van der Waals surface area contributed by atoms with Crippen molar-refractivity contribution in [3.63, 3.8) is 0 Å². The second-order valence-electron chi connectivity index (χ2n) is 4.26. The summed E-state index contributed by atoms with van der Waals surface area (Å²) < 4.78 is 18.3. The van der Waals surface area contributed by atoms with Crippen LogP contribution in [0.25, 0.3) is 22.8 Å². The van der Waals surface area contributed by atoms with Crippen LogP contribution in [0.2, 0.25) is 0 Å². The lowest BCUT2D eigenvalue weighted by Gasteiger charge is -2.01. The minimum absolute atomic E-state index is 0.00417. The van der Waals surface area contributed by atoms with Gasteiger partial charge in [-0.3, -0.25) is 0 Å². The normalized spacial score (nSPS) is 10.7. The third kappa shape index (κ3) is 2.25. The molecule has 0 bridgehead atoms. The highest BCUT2D eigenvalue weighted by molar-refractivity contribution is 5.71. The standard InChI is InChI=1S/C14H9FN2O4/c15-8-6-7(4-5-9(8)18)13-16-14(21-17-13)12-10(19)2-1-3-11(12)20/h1-6,18-20H. The van der Waals surface area contributed by atoms with Gasteiger partial charge in [-0.2, -0.15) is 4.98 Å². The van der Waals surface area contributed by atoms with Crippen molar-refractivity contribution in [3.05, 3.63) is 42.2 Å². The van der Waals surface area contributed by atoms with Crippen molar-refractivity contribution in [2.75, 3.05) is 0 Å². The van der Waals surface area contributed by atoms with Crippen molar-refractivity contribution in [3.8, 4) is 40.1 Å². The number of hydrogen-bond donors (Lipinski definition) is 3. The Morgan fingerprint density at radius 3 is 2.33 bits per heavy atom. The molecule has 3 aromatic rings. The van der Waals surface area contributed by atoms with Crippen LogP contribution >= 0.6 is 0 Å². The van der Waals surface area contributed by atoms with Crippen molar-refractivity contribution in [2.45, 2.75) is 0 Å². The largest absolute Gasteiger partial charge is 0.507 e. The molecule has 1 aromatic heterocycles. The fourth-order valence-electron chi connectivity index (χ4n) is 1.84. The van der Waals surface area contributed by atoms with Crippen molar-refractivity contribution in [2.24, 2.45) is 0 Å². The van der Waals surface area contributed by atoms with Crippen LogP contribution in [0.15, 0.2) is 40.9 Å². The summed E-state index contributed by atoms with van der Waals surface area (Å²) in [5, 5.41) is 32.2. The van der Waals surface area contributed by atoms with Gasteiger partial charge in [-0.25, -0.2) is 4.39 Å². The van der Waals surface area contributed by atoms with Crippen LogP contribution in [0.1, 0.15) is 0 Å². The van der Waals surface area contributed by atoms with Gasteiger partial charge in [-0.15, -0.1) is 0 Å². The van der Waals surface area contributed by atoms with Crippen LogP contribution in [-0.2, 0) is 0 Å². The Hall–Kier alpha value is -3.09. The van der Waals surface area contributed by atoms with Gasteiger partial charge in [-0.1, -0.05) is 11.2 Å². The Balaban J connectivity index is 2.06. The molecule has 6 nitrogen and oxygen atoms in total. The molecule has 0 aliphatic carbocycles. The number of aromatic nitrogens is 2. The first-order chi connectivity index (χ1) is 10.1. The number of rotatable bonds is 2. The zero-order valence-electron chi connectivity index (χ0n) is 10.5. The Bertz CT molecular complexity index is 796. The van der Waals surface area contributed by atoms with Crippen LogP contribution in [-0.4, -0.2) is 25.5 Å². The summed E-state index contributed by atoms with van der Waals surface area (Å²) in [6.07, 6.45) is 0. The molecule has 21 heavy (non-hydrogen) atoms. The van der Waals surface area contributed by atoms with Gasteiger partial charge >= 0.3 is 0 Å². The molecule has 0 aliphatic heterocycles. The van der Waals surface area contributed by atoms with E-state index >= 15 is 0 Å². The maximum Gasteiger partial charge on any atom is 0.265 e. The summed E-state index contributed by atoms with van der Waals surface area (Å²) in [6, 6.07) is 7.81. The number of nitrogens with zero attached hydrogens (tertiary/aromatic N) is 2. The van der Waals surface area contributed by atoms with Crippen LogP contribution in [0.5, 0.6) is 17.2 Å². The summed E-state index contributed by atoms with van der Waals surface area (Å²) in [5.41, 5.74) is 0.283. The average molecular weight is 288 g/mol. The van der Waals surface area contributed by atoms with Crippen molar-refractivity contribution in [1.82, 2.24) is 10.1 Å². The lowest BCUT2D eigenvalue weighted by atomic mass is 10.1. The third-order valence-corrected chi connectivity index (χ3v) is 2.87. The molecule has 0 saturated carbocycles.